The van der Waals surface area contributed by atoms with Gasteiger partial charge in [0, 0.05) is 24.7 Å². The van der Waals surface area contributed by atoms with Crippen molar-refractivity contribution in [3.63, 3.8) is 0 Å². The van der Waals surface area contributed by atoms with Gasteiger partial charge in [-0.05, 0) is 24.5 Å². The number of nitrogens with zero attached hydrogens (tertiary/aromatic N) is 2. The maximum Gasteiger partial charge on any atom is 0.237 e. The van der Waals surface area contributed by atoms with Gasteiger partial charge in [-0.25, -0.2) is 8.42 Å². The van der Waals surface area contributed by atoms with Gasteiger partial charge in [0.05, 0.1) is 12.8 Å². The summed E-state index contributed by atoms with van der Waals surface area (Å²) in [5.74, 6) is -0.148. The Morgan fingerprint density at radius 1 is 1.29 bits per heavy atom. The van der Waals surface area contributed by atoms with E-state index in [9.17, 15) is 13.2 Å². The minimum absolute atomic E-state index is 0.109. The molecule has 0 atom stereocenters. The molecule has 1 aromatic rings. The van der Waals surface area contributed by atoms with Crippen LogP contribution in [0.4, 0.5) is 0 Å². The van der Waals surface area contributed by atoms with E-state index in [1.165, 1.54) is 4.31 Å². The van der Waals surface area contributed by atoms with Gasteiger partial charge in [-0.3, -0.25) is 4.79 Å². The molecule has 1 aliphatic heterocycles. The molecule has 1 heterocycles. The van der Waals surface area contributed by atoms with Crippen molar-refractivity contribution in [3.8, 4) is 0 Å². The Labute approximate surface area is 130 Å². The topological polar surface area (TPSA) is 57.7 Å². The highest BCUT2D eigenvalue weighted by Crippen LogP contribution is 2.19. The average Bonchev–Trinajstić information content (AvgIpc) is 2.93. The number of amides is 1. The number of rotatable bonds is 5. The number of carbonyl (C=O) groups is 1. The molecule has 21 heavy (non-hydrogen) atoms. The van der Waals surface area contributed by atoms with Crippen LogP contribution in [0.25, 0.3) is 0 Å². The summed E-state index contributed by atoms with van der Waals surface area (Å²) in [5.41, 5.74) is 0.693. The molecule has 0 aliphatic carbocycles. The fourth-order valence-electron chi connectivity index (χ4n) is 2.32. The van der Waals surface area contributed by atoms with Crippen LogP contribution in [0.1, 0.15) is 18.4 Å². The number of likely N-dealkylation sites (tertiary alicyclic amines) is 1. The van der Waals surface area contributed by atoms with Gasteiger partial charge in [0.15, 0.2) is 0 Å². The first kappa shape index (κ1) is 16.3. The first-order valence-electron chi connectivity index (χ1n) is 6.84. The van der Waals surface area contributed by atoms with Crippen LogP contribution < -0.4 is 0 Å². The first-order valence-corrected chi connectivity index (χ1v) is 9.07. The fourth-order valence-corrected chi connectivity index (χ4v) is 3.24. The number of halogens is 1. The molecule has 0 aromatic heterocycles. The Kier molecular flexibility index (Phi) is 5.24. The molecule has 5 nitrogen and oxygen atoms in total. The normalized spacial score (nSPS) is 15.7. The zero-order valence-electron chi connectivity index (χ0n) is 12.0. The van der Waals surface area contributed by atoms with Gasteiger partial charge in [0.1, 0.15) is 0 Å². The summed E-state index contributed by atoms with van der Waals surface area (Å²) < 4.78 is 25.0. The molecule has 116 valence electrons. The predicted molar refractivity (Wildman–Crippen MR) is 82.5 cm³/mol. The highest BCUT2D eigenvalue weighted by Gasteiger charge is 2.25. The van der Waals surface area contributed by atoms with Crippen molar-refractivity contribution in [2.45, 2.75) is 19.4 Å². The molecule has 1 amide bonds. The highest BCUT2D eigenvalue weighted by atomic mass is 35.5. The maximum atomic E-state index is 12.2. The van der Waals surface area contributed by atoms with Crippen molar-refractivity contribution in [2.75, 3.05) is 25.9 Å². The molecule has 1 saturated heterocycles. The van der Waals surface area contributed by atoms with Gasteiger partial charge in [-0.1, -0.05) is 29.8 Å². The first-order chi connectivity index (χ1) is 9.88. The largest absolute Gasteiger partial charge is 0.342 e. The summed E-state index contributed by atoms with van der Waals surface area (Å²) in [4.78, 5) is 13.9. The van der Waals surface area contributed by atoms with E-state index in [2.05, 4.69) is 0 Å². The molecule has 0 bridgehead atoms. The highest BCUT2D eigenvalue weighted by molar-refractivity contribution is 7.88. The molecular formula is C14H19ClN2O3S. The van der Waals surface area contributed by atoms with Crippen molar-refractivity contribution >= 4 is 27.5 Å². The summed E-state index contributed by atoms with van der Waals surface area (Å²) >= 11 is 6.07. The van der Waals surface area contributed by atoms with Crippen molar-refractivity contribution < 1.29 is 13.2 Å². The average molecular weight is 331 g/mol. The Hall–Kier alpha value is -1.11. The second-order valence-corrected chi connectivity index (χ2v) is 7.60. The maximum absolute atomic E-state index is 12.2. The van der Waals surface area contributed by atoms with Crippen LogP contribution in [0.5, 0.6) is 0 Å². The van der Waals surface area contributed by atoms with Gasteiger partial charge < -0.3 is 4.90 Å². The third kappa shape index (κ3) is 4.43. The monoisotopic (exact) mass is 330 g/mol. The zero-order chi connectivity index (χ0) is 15.5. The Morgan fingerprint density at radius 2 is 1.90 bits per heavy atom. The standard InChI is InChI=1S/C14H19ClN2O3S/c1-21(19,20)17(10-12-6-2-3-7-13(12)15)11-14(18)16-8-4-5-9-16/h2-3,6-7H,4-5,8-11H2,1H3. The molecule has 0 radical (unpaired) electrons. The number of benzene rings is 1. The molecule has 1 fully saturated rings. The van der Waals surface area contributed by atoms with E-state index in [0.29, 0.717) is 23.7 Å². The molecular weight excluding hydrogens is 312 g/mol. The van der Waals surface area contributed by atoms with E-state index in [1.807, 2.05) is 0 Å². The lowest BCUT2D eigenvalue weighted by atomic mass is 10.2. The number of carbonyl (C=O) groups excluding carboxylic acids is 1. The van der Waals surface area contributed by atoms with Crippen molar-refractivity contribution in [2.24, 2.45) is 0 Å². The molecule has 0 unspecified atom stereocenters. The molecule has 0 N–H and O–H groups in total. The van der Waals surface area contributed by atoms with E-state index in [4.69, 9.17) is 11.6 Å². The van der Waals surface area contributed by atoms with Crippen LogP contribution in [-0.2, 0) is 21.4 Å². The lowest BCUT2D eigenvalue weighted by Gasteiger charge is -2.23. The zero-order valence-corrected chi connectivity index (χ0v) is 13.5. The minimum atomic E-state index is -3.48. The van der Waals surface area contributed by atoms with Crippen LogP contribution in [0.15, 0.2) is 24.3 Å². The van der Waals surface area contributed by atoms with Crippen LogP contribution in [0, 0.1) is 0 Å². The van der Waals surface area contributed by atoms with E-state index in [-0.39, 0.29) is 19.0 Å². The SMILES string of the molecule is CS(=O)(=O)N(CC(=O)N1CCCC1)Cc1ccccc1Cl. The summed E-state index contributed by atoms with van der Waals surface area (Å²) in [6.07, 6.45) is 3.07. The van der Waals surface area contributed by atoms with Gasteiger partial charge in [-0.2, -0.15) is 4.31 Å². The van der Waals surface area contributed by atoms with E-state index in [0.717, 1.165) is 19.1 Å². The summed E-state index contributed by atoms with van der Waals surface area (Å²) in [6, 6.07) is 7.05. The smallest absolute Gasteiger partial charge is 0.237 e. The number of hydrogen-bond donors (Lipinski definition) is 0. The van der Waals surface area contributed by atoms with Gasteiger partial charge >= 0.3 is 0 Å². The van der Waals surface area contributed by atoms with E-state index >= 15 is 0 Å². The van der Waals surface area contributed by atoms with Crippen molar-refractivity contribution in [1.82, 2.24) is 9.21 Å². The van der Waals surface area contributed by atoms with Crippen molar-refractivity contribution in [1.29, 1.82) is 0 Å². The second-order valence-electron chi connectivity index (χ2n) is 5.21. The minimum Gasteiger partial charge on any atom is -0.342 e. The van der Waals surface area contributed by atoms with Gasteiger partial charge in [0.25, 0.3) is 0 Å². The van der Waals surface area contributed by atoms with Crippen LogP contribution in [0.2, 0.25) is 5.02 Å². The molecule has 2 rings (SSSR count). The number of sulfonamides is 1. The fraction of sp³-hybridized carbons (Fsp3) is 0.500. The van der Waals surface area contributed by atoms with Gasteiger partial charge in [0.2, 0.25) is 15.9 Å². The van der Waals surface area contributed by atoms with E-state index < -0.39 is 10.0 Å². The van der Waals surface area contributed by atoms with Crippen LogP contribution in [0.3, 0.4) is 0 Å². The summed E-state index contributed by atoms with van der Waals surface area (Å²) in [7, 11) is -3.48. The number of hydrogen-bond acceptors (Lipinski definition) is 3. The molecule has 0 spiro atoms. The Morgan fingerprint density at radius 3 is 2.48 bits per heavy atom. The lowest BCUT2D eigenvalue weighted by molar-refractivity contribution is -0.130. The quantitative estimate of drug-likeness (QED) is 0.826. The Balaban J connectivity index is 2.12. The second kappa shape index (κ2) is 6.77. The molecule has 1 aromatic carbocycles. The third-order valence-corrected chi connectivity index (χ3v) is 5.11. The molecule has 7 heteroatoms. The lowest BCUT2D eigenvalue weighted by Crippen LogP contribution is -2.41. The van der Waals surface area contributed by atoms with Crippen LogP contribution in [-0.4, -0.2) is 49.4 Å². The Bertz CT molecular complexity index is 612. The van der Waals surface area contributed by atoms with Gasteiger partial charge in [-0.15, -0.1) is 0 Å². The summed E-state index contributed by atoms with van der Waals surface area (Å²) in [6.45, 7) is 1.40. The van der Waals surface area contributed by atoms with E-state index in [1.54, 1.807) is 29.2 Å². The summed E-state index contributed by atoms with van der Waals surface area (Å²) in [5, 5.41) is 0.500. The van der Waals surface area contributed by atoms with Crippen LogP contribution >= 0.6 is 11.6 Å². The van der Waals surface area contributed by atoms with Crippen molar-refractivity contribution in [3.05, 3.63) is 34.9 Å². The third-order valence-electron chi connectivity index (χ3n) is 3.54. The predicted octanol–water partition coefficient (Wildman–Crippen LogP) is 1.72. The molecule has 0 saturated carbocycles. The molecule has 1 aliphatic rings.